The quantitative estimate of drug-likeness (QED) is 0.411. The van der Waals surface area contributed by atoms with E-state index in [1.807, 2.05) is 0 Å². The molecule has 0 radical (unpaired) electrons. The minimum atomic E-state index is 0. The van der Waals surface area contributed by atoms with Crippen LogP contribution in [0, 0.1) is 0 Å². The van der Waals surface area contributed by atoms with Gasteiger partial charge < -0.3 is 40.1 Å². The molecule has 1 nitrogen and oxygen atoms in total. The largest absolute Gasteiger partial charge is 1.00 e. The van der Waals surface area contributed by atoms with Gasteiger partial charge >= 0.3 is 17.1 Å². The molecule has 0 heterocycles. The van der Waals surface area contributed by atoms with Gasteiger partial charge in [-0.1, -0.05) is 0 Å². The smallest absolute Gasteiger partial charge is 1.00 e. The first-order valence-corrected chi connectivity index (χ1v) is 0. The van der Waals surface area contributed by atoms with Crippen molar-refractivity contribution in [3.8, 4) is 0 Å². The van der Waals surface area contributed by atoms with Crippen LogP contribution in [0.4, 0.5) is 0 Å². The van der Waals surface area contributed by atoms with Crippen LogP contribution in [-0.2, 0) is 17.1 Å². The van der Waals surface area contributed by atoms with Crippen LogP contribution in [0.2, 0.25) is 0 Å². The Morgan fingerprint density at radius 3 is 0.750 bits per heavy atom. The molecule has 0 aliphatic rings. The van der Waals surface area contributed by atoms with Gasteiger partial charge in [0.25, 0.3) is 0 Å². The van der Waals surface area contributed by atoms with Gasteiger partial charge in [-0.2, -0.15) is 0 Å². The Balaban J connectivity index is 0. The summed E-state index contributed by atoms with van der Waals surface area (Å²) in [6, 6.07) is 0. The first-order valence-electron chi connectivity index (χ1n) is 0. The first-order chi connectivity index (χ1) is 0. The Hall–Kier alpha value is 1.44. The molecule has 34 valence electrons. The topological polar surface area (TPSA) is 36.5 Å². The van der Waals surface area contributed by atoms with Gasteiger partial charge in [0.15, 0.2) is 0 Å². The van der Waals surface area contributed by atoms with E-state index in [9.17, 15) is 0 Å². The summed E-state index contributed by atoms with van der Waals surface area (Å²) in [5.41, 5.74) is 0. The maximum atomic E-state index is 0. The van der Waals surface area contributed by atoms with Crippen LogP contribution in [0.25, 0.3) is 0 Å². The maximum Gasteiger partial charge on any atom is 1.00 e. The van der Waals surface area contributed by atoms with Gasteiger partial charge in [0.2, 0.25) is 0 Å². The van der Waals surface area contributed by atoms with Gasteiger partial charge in [0.1, 0.15) is 0 Å². The summed E-state index contributed by atoms with van der Waals surface area (Å²) >= 11 is 0. The molecule has 0 aromatic rings. The standard InChI is InChI=1S/2BrH.Cu.H3N/h2*1H;;1H3/q;;+1;/p-1. The fourth-order valence-corrected chi connectivity index (χ4v) is 0. The Kier molecular flexibility index (Phi) is 328. The van der Waals surface area contributed by atoms with Crippen molar-refractivity contribution in [2.24, 2.45) is 0 Å². The van der Waals surface area contributed by atoms with Crippen molar-refractivity contribution >= 4 is 0 Å². The zero-order valence-corrected chi connectivity index (χ0v) is 6.17. The first kappa shape index (κ1) is 51.7. The van der Waals surface area contributed by atoms with Gasteiger partial charge in [-0.25, -0.2) is 0 Å². The second-order valence-corrected chi connectivity index (χ2v) is 0. The minimum Gasteiger partial charge on any atom is -1.00 e. The van der Waals surface area contributed by atoms with E-state index in [2.05, 4.69) is 0 Å². The molecule has 0 saturated heterocycles. The van der Waals surface area contributed by atoms with Crippen molar-refractivity contribution in [1.82, 2.24) is 6.15 Å². The monoisotopic (exact) mass is 239 g/mol. The third-order valence-corrected chi connectivity index (χ3v) is 0. The van der Waals surface area contributed by atoms with E-state index in [0.717, 1.165) is 0 Å². The van der Waals surface area contributed by atoms with Crippen LogP contribution in [-0.4, -0.2) is 0 Å². The van der Waals surface area contributed by atoms with Crippen molar-refractivity contribution in [2.45, 2.75) is 0 Å². The average Bonchev–Trinajstić information content (AvgIpc) is 0. The summed E-state index contributed by atoms with van der Waals surface area (Å²) < 4.78 is 0. The molecule has 0 spiro atoms. The Morgan fingerprint density at radius 1 is 0.750 bits per heavy atom. The van der Waals surface area contributed by atoms with E-state index in [0.29, 0.717) is 0 Å². The Labute approximate surface area is 57.1 Å². The second kappa shape index (κ2) is 25.3. The summed E-state index contributed by atoms with van der Waals surface area (Å²) in [5.74, 6) is 0. The predicted molar refractivity (Wildman–Crippen MR) is 5.98 cm³/mol. The van der Waals surface area contributed by atoms with Gasteiger partial charge in [-0.05, 0) is 0 Å². The van der Waals surface area contributed by atoms with E-state index in [1.165, 1.54) is 0 Å². The molecule has 4 heavy (non-hydrogen) atoms. The number of quaternary nitrogens is 1. The molecule has 4 N–H and O–H groups in total. The number of hydrogen-bond acceptors (Lipinski definition) is 0. The second-order valence-electron chi connectivity index (χ2n) is 0. The normalized spacial score (nSPS) is 0. The van der Waals surface area contributed by atoms with Gasteiger partial charge in [0.05, 0.1) is 0 Å². The fourth-order valence-electron chi connectivity index (χ4n) is 0. The summed E-state index contributed by atoms with van der Waals surface area (Å²) in [6.45, 7) is 0. The fraction of sp³-hybridized carbons (Fsp3) is 0. The predicted octanol–water partition coefficient (Wildman–Crippen LogP) is -5.62. The summed E-state index contributed by atoms with van der Waals surface area (Å²) in [6.07, 6.45) is 0. The molecule has 0 aromatic heterocycles. The van der Waals surface area contributed by atoms with Crippen molar-refractivity contribution in [2.75, 3.05) is 0 Å². The van der Waals surface area contributed by atoms with Crippen molar-refractivity contribution in [1.29, 1.82) is 0 Å². The van der Waals surface area contributed by atoms with E-state index in [4.69, 9.17) is 0 Å². The van der Waals surface area contributed by atoms with Gasteiger partial charge in [-0.3, -0.25) is 0 Å². The molecule has 0 aromatic carbocycles. The summed E-state index contributed by atoms with van der Waals surface area (Å²) in [4.78, 5) is 0. The molecule has 0 aliphatic carbocycles. The average molecular weight is 241 g/mol. The van der Waals surface area contributed by atoms with Crippen LogP contribution in [0.15, 0.2) is 0 Å². The van der Waals surface area contributed by atoms with Gasteiger partial charge in [0, 0.05) is 0 Å². The Bertz CT molecular complexity index is 6.00. The zero-order valence-electron chi connectivity index (χ0n) is 2.06. The third kappa shape index (κ3) is 9.88. The van der Waals surface area contributed by atoms with E-state index < -0.39 is 0 Å². The van der Waals surface area contributed by atoms with Crippen LogP contribution in [0.3, 0.4) is 0 Å². The number of hydrogen-bond donors (Lipinski definition) is 1. The van der Waals surface area contributed by atoms with E-state index >= 15 is 0 Å². The molecule has 4 heteroatoms. The molecule has 0 rings (SSSR count). The van der Waals surface area contributed by atoms with Crippen LogP contribution < -0.4 is 40.1 Å². The number of halogens is 2. The molecule has 0 unspecified atom stereocenters. The molecule has 0 atom stereocenters. The van der Waals surface area contributed by atoms with Crippen LogP contribution in [0.5, 0.6) is 0 Å². The SMILES string of the molecule is [Br-].[Br-].[Cu+].[NH4+]. The molecular weight excluding hydrogens is 237 g/mol. The molecule has 0 aliphatic heterocycles. The Morgan fingerprint density at radius 2 is 0.750 bits per heavy atom. The van der Waals surface area contributed by atoms with Crippen molar-refractivity contribution < 1.29 is 51.0 Å². The van der Waals surface area contributed by atoms with Crippen LogP contribution in [0.1, 0.15) is 0 Å². The zero-order chi connectivity index (χ0) is 0. The minimum absolute atomic E-state index is 0. The van der Waals surface area contributed by atoms with Crippen molar-refractivity contribution in [3.63, 3.8) is 0 Å². The summed E-state index contributed by atoms with van der Waals surface area (Å²) in [7, 11) is 0. The molecular formula is H4Br2CuN. The third-order valence-electron chi connectivity index (χ3n) is 0. The number of rotatable bonds is 0. The maximum absolute atomic E-state index is 0. The molecule has 0 bridgehead atoms. The summed E-state index contributed by atoms with van der Waals surface area (Å²) in [5, 5.41) is 0. The molecule has 0 fully saturated rings. The molecule has 0 amide bonds. The van der Waals surface area contributed by atoms with E-state index in [1.54, 1.807) is 0 Å². The molecule has 0 saturated carbocycles. The van der Waals surface area contributed by atoms with Crippen molar-refractivity contribution in [3.05, 3.63) is 0 Å². The van der Waals surface area contributed by atoms with Crippen LogP contribution >= 0.6 is 0 Å². The van der Waals surface area contributed by atoms with E-state index in [-0.39, 0.29) is 57.2 Å². The van der Waals surface area contributed by atoms with Gasteiger partial charge in [-0.15, -0.1) is 0 Å².